The monoisotopic (exact) mass is 575 g/mol. The van der Waals surface area contributed by atoms with Gasteiger partial charge in [0, 0.05) is 42.2 Å². The van der Waals surface area contributed by atoms with Crippen molar-refractivity contribution in [3.8, 4) is 22.6 Å². The Kier molecular flexibility index (Phi) is 6.08. The van der Waals surface area contributed by atoms with E-state index in [0.29, 0.717) is 50.3 Å². The Bertz CT molecular complexity index is 2050. The number of hydrogen-bond acceptors (Lipinski definition) is 6. The molecule has 6 rings (SSSR count). The third-order valence-electron chi connectivity index (χ3n) is 6.84. The summed E-state index contributed by atoms with van der Waals surface area (Å²) in [5.41, 5.74) is 2.81. The van der Waals surface area contributed by atoms with E-state index in [1.54, 1.807) is 61.9 Å². The minimum atomic E-state index is -4.09. The molecular formula is C29H25N3O6S2. The number of pyridine rings is 1. The van der Waals surface area contributed by atoms with Crippen LogP contribution in [-0.2, 0) is 39.2 Å². The van der Waals surface area contributed by atoms with Crippen LogP contribution in [0.25, 0.3) is 22.0 Å². The van der Waals surface area contributed by atoms with Crippen molar-refractivity contribution in [2.24, 2.45) is 7.05 Å². The lowest BCUT2D eigenvalue weighted by atomic mass is 9.99. The van der Waals surface area contributed by atoms with Crippen molar-refractivity contribution >= 4 is 36.5 Å². The maximum atomic E-state index is 14.1. The molecule has 0 saturated carbocycles. The zero-order valence-electron chi connectivity index (χ0n) is 21.7. The number of hydrogen-bond donors (Lipinski definition) is 1. The molecule has 0 amide bonds. The van der Waals surface area contributed by atoms with Gasteiger partial charge in [0.15, 0.2) is 9.84 Å². The molecule has 0 saturated heterocycles. The minimum Gasteiger partial charge on any atom is -0.457 e. The van der Waals surface area contributed by atoms with E-state index in [9.17, 15) is 21.6 Å². The number of benzene rings is 3. The molecule has 2 aromatic heterocycles. The summed E-state index contributed by atoms with van der Waals surface area (Å²) < 4.78 is 60.9. The number of nitrogens with one attached hydrogen (secondary N) is 1. The molecule has 0 bridgehead atoms. The first-order valence-corrected chi connectivity index (χ1v) is 15.9. The van der Waals surface area contributed by atoms with E-state index < -0.39 is 19.9 Å². The molecule has 0 spiro atoms. The molecule has 1 N–H and O–H groups in total. The Labute approximate surface area is 231 Å². The Hall–Kier alpha value is -4.35. The van der Waals surface area contributed by atoms with Crippen molar-refractivity contribution in [1.82, 2.24) is 9.55 Å². The van der Waals surface area contributed by atoms with E-state index in [2.05, 4.69) is 4.98 Å². The number of nitrogens with zero attached hydrogens (tertiary/aromatic N) is 2. The second kappa shape index (κ2) is 9.39. The quantitative estimate of drug-likeness (QED) is 0.317. The molecule has 9 nitrogen and oxygen atoms in total. The first kappa shape index (κ1) is 25.9. The summed E-state index contributed by atoms with van der Waals surface area (Å²) in [4.78, 5) is 16.0. The van der Waals surface area contributed by atoms with Gasteiger partial charge in [0.05, 0.1) is 22.9 Å². The summed E-state index contributed by atoms with van der Waals surface area (Å²) in [5, 5.41) is 0.616. The van der Waals surface area contributed by atoms with Crippen LogP contribution >= 0.6 is 0 Å². The molecule has 3 heterocycles. The highest BCUT2D eigenvalue weighted by atomic mass is 32.2. The lowest BCUT2D eigenvalue weighted by Crippen LogP contribution is -2.30. The number of aryl methyl sites for hydroxylation is 1. The molecule has 1 aliphatic rings. The molecule has 0 unspecified atom stereocenters. The number of sulfonamides is 1. The number of aromatic nitrogens is 2. The largest absolute Gasteiger partial charge is 0.457 e. The summed E-state index contributed by atoms with van der Waals surface area (Å²) in [6.45, 7) is -0.0246. The SMILES string of the molecule is Cn1cc2c3c(c[nH]c3c1=O)CN(S(=O)(=O)c1ccc(Oc3ccccc3)cc1)c1ccc(CS(C)(=O)=O)cc1-2. The topological polar surface area (TPSA) is 119 Å². The van der Waals surface area contributed by atoms with Gasteiger partial charge in [-0.15, -0.1) is 0 Å². The number of H-pyrrole nitrogens is 1. The average molecular weight is 576 g/mol. The van der Waals surface area contributed by atoms with Gasteiger partial charge in [0.1, 0.15) is 17.0 Å². The van der Waals surface area contributed by atoms with Gasteiger partial charge in [-0.3, -0.25) is 9.10 Å². The number of rotatable bonds is 6. The van der Waals surface area contributed by atoms with E-state index in [0.717, 1.165) is 6.26 Å². The molecule has 11 heteroatoms. The summed E-state index contributed by atoms with van der Waals surface area (Å²) in [7, 11) is -5.81. The van der Waals surface area contributed by atoms with Crippen molar-refractivity contribution in [3.05, 3.63) is 107 Å². The van der Waals surface area contributed by atoms with Gasteiger partial charge in [-0.25, -0.2) is 16.8 Å². The van der Waals surface area contributed by atoms with Crippen LogP contribution in [0.2, 0.25) is 0 Å². The van der Waals surface area contributed by atoms with E-state index in [-0.39, 0.29) is 22.8 Å². The number of ether oxygens (including phenoxy) is 1. The molecule has 3 aromatic carbocycles. The van der Waals surface area contributed by atoms with Crippen LogP contribution in [0.1, 0.15) is 11.1 Å². The highest BCUT2D eigenvalue weighted by molar-refractivity contribution is 7.92. The summed E-state index contributed by atoms with van der Waals surface area (Å²) in [5.74, 6) is 0.914. The second-order valence-corrected chi connectivity index (χ2v) is 13.8. The van der Waals surface area contributed by atoms with Gasteiger partial charge in [0.25, 0.3) is 15.6 Å². The fraction of sp³-hybridized carbons (Fsp3) is 0.138. The van der Waals surface area contributed by atoms with Crippen molar-refractivity contribution in [2.75, 3.05) is 10.6 Å². The van der Waals surface area contributed by atoms with Crippen LogP contribution in [0, 0.1) is 0 Å². The van der Waals surface area contributed by atoms with Crippen molar-refractivity contribution in [3.63, 3.8) is 0 Å². The Balaban J connectivity index is 1.49. The number of sulfone groups is 1. The Morgan fingerprint density at radius 1 is 0.900 bits per heavy atom. The van der Waals surface area contributed by atoms with Crippen molar-refractivity contribution in [1.29, 1.82) is 0 Å². The first-order valence-electron chi connectivity index (χ1n) is 12.4. The van der Waals surface area contributed by atoms with Crippen LogP contribution in [0.5, 0.6) is 11.5 Å². The predicted octanol–water partition coefficient (Wildman–Crippen LogP) is 4.58. The van der Waals surface area contributed by atoms with E-state index in [1.165, 1.54) is 21.0 Å². The van der Waals surface area contributed by atoms with Crippen LogP contribution in [-0.4, -0.2) is 32.6 Å². The number of para-hydroxylation sites is 1. The predicted molar refractivity (Wildman–Crippen MR) is 154 cm³/mol. The molecule has 0 radical (unpaired) electrons. The molecular weight excluding hydrogens is 550 g/mol. The third-order valence-corrected chi connectivity index (χ3v) is 9.47. The fourth-order valence-corrected chi connectivity index (χ4v) is 7.30. The standard InChI is InChI=1S/C29H25N3O6S2/c1-31-17-25-24-14-19(18-39(2,34)35)8-13-26(24)32(16-20-15-30-28(27(20)25)29(31)33)40(36,37)23-11-9-22(10-12-23)38-21-6-4-3-5-7-21/h3-15,17,30H,16,18H2,1-2H3. The zero-order valence-corrected chi connectivity index (χ0v) is 23.3. The molecule has 40 heavy (non-hydrogen) atoms. The lowest BCUT2D eigenvalue weighted by molar-refractivity contribution is 0.482. The van der Waals surface area contributed by atoms with Crippen molar-refractivity contribution in [2.45, 2.75) is 17.2 Å². The fourth-order valence-electron chi connectivity index (χ4n) is 5.06. The van der Waals surface area contributed by atoms with Gasteiger partial charge in [-0.1, -0.05) is 24.3 Å². The average Bonchev–Trinajstić information content (AvgIpc) is 3.28. The maximum Gasteiger partial charge on any atom is 0.274 e. The van der Waals surface area contributed by atoms with Crippen LogP contribution in [0.4, 0.5) is 5.69 Å². The zero-order chi connectivity index (χ0) is 28.2. The Morgan fingerprint density at radius 2 is 1.60 bits per heavy atom. The van der Waals surface area contributed by atoms with E-state index in [4.69, 9.17) is 4.74 Å². The highest BCUT2D eigenvalue weighted by Crippen LogP contribution is 2.43. The molecule has 0 fully saturated rings. The van der Waals surface area contributed by atoms with Crippen LogP contribution in [0.15, 0.2) is 94.9 Å². The van der Waals surface area contributed by atoms with Gasteiger partial charge in [-0.05, 0) is 59.7 Å². The third kappa shape index (κ3) is 4.56. The van der Waals surface area contributed by atoms with Gasteiger partial charge >= 0.3 is 0 Å². The van der Waals surface area contributed by atoms with Gasteiger partial charge < -0.3 is 14.3 Å². The number of anilines is 1. The molecule has 1 aliphatic heterocycles. The lowest BCUT2D eigenvalue weighted by Gasteiger charge is -2.25. The minimum absolute atomic E-state index is 0.0246. The normalized spacial score (nSPS) is 13.2. The van der Waals surface area contributed by atoms with Gasteiger partial charge in [-0.2, -0.15) is 0 Å². The van der Waals surface area contributed by atoms with Crippen LogP contribution < -0.4 is 14.6 Å². The molecule has 204 valence electrons. The second-order valence-electron chi connectivity index (χ2n) is 9.84. The first-order chi connectivity index (χ1) is 19.0. The number of fused-ring (bicyclic) bond motifs is 2. The van der Waals surface area contributed by atoms with E-state index in [1.807, 2.05) is 18.2 Å². The molecule has 0 atom stereocenters. The number of aromatic amines is 1. The smallest absolute Gasteiger partial charge is 0.274 e. The summed E-state index contributed by atoms with van der Waals surface area (Å²) in [6.07, 6.45) is 4.46. The van der Waals surface area contributed by atoms with E-state index >= 15 is 0 Å². The van der Waals surface area contributed by atoms with Crippen molar-refractivity contribution < 1.29 is 21.6 Å². The molecule has 5 aromatic rings. The van der Waals surface area contributed by atoms with Crippen LogP contribution in [0.3, 0.4) is 0 Å². The van der Waals surface area contributed by atoms with Gasteiger partial charge in [0.2, 0.25) is 0 Å². The summed E-state index contributed by atoms with van der Waals surface area (Å²) >= 11 is 0. The maximum absolute atomic E-state index is 14.1. The molecule has 0 aliphatic carbocycles. The Morgan fingerprint density at radius 3 is 2.30 bits per heavy atom. The highest BCUT2D eigenvalue weighted by Gasteiger charge is 2.32. The summed E-state index contributed by atoms with van der Waals surface area (Å²) in [6, 6.07) is 20.3.